The smallest absolute Gasteiger partial charge is 0.309 e. The Morgan fingerprint density at radius 3 is 2.77 bits per heavy atom. The number of ether oxygens (including phenoxy) is 2. The molecule has 9 nitrogen and oxygen atoms in total. The maximum absolute atomic E-state index is 12.9. The SMILES string of the molecule is O=C(O)Cc1cn2cc(N3CC[C@@H](Oc4ccc(OCC5CC5)nc4)C3=O)ccc2n1. The van der Waals surface area contributed by atoms with Gasteiger partial charge in [0, 0.05) is 31.4 Å². The summed E-state index contributed by atoms with van der Waals surface area (Å²) in [4.78, 5) is 34.0. The van der Waals surface area contributed by atoms with E-state index in [1.54, 1.807) is 52.2 Å². The average molecular weight is 422 g/mol. The molecule has 31 heavy (non-hydrogen) atoms. The van der Waals surface area contributed by atoms with E-state index < -0.39 is 12.1 Å². The Hall–Kier alpha value is -3.62. The first-order valence-corrected chi connectivity index (χ1v) is 10.3. The fourth-order valence-electron chi connectivity index (χ4n) is 3.63. The fraction of sp³-hybridized carbons (Fsp3) is 0.364. The fourth-order valence-corrected chi connectivity index (χ4v) is 3.63. The van der Waals surface area contributed by atoms with Gasteiger partial charge in [0.15, 0.2) is 6.10 Å². The van der Waals surface area contributed by atoms with Crippen molar-refractivity contribution < 1.29 is 24.2 Å². The van der Waals surface area contributed by atoms with Crippen LogP contribution >= 0.6 is 0 Å². The lowest BCUT2D eigenvalue weighted by atomic mass is 10.3. The summed E-state index contributed by atoms with van der Waals surface area (Å²) in [6, 6.07) is 7.11. The van der Waals surface area contributed by atoms with Gasteiger partial charge >= 0.3 is 5.97 Å². The van der Waals surface area contributed by atoms with Crippen molar-refractivity contribution in [3.63, 3.8) is 0 Å². The summed E-state index contributed by atoms with van der Waals surface area (Å²) in [7, 11) is 0. The molecule has 160 valence electrons. The molecule has 9 heteroatoms. The maximum atomic E-state index is 12.9. The van der Waals surface area contributed by atoms with Crippen LogP contribution in [-0.2, 0) is 16.0 Å². The van der Waals surface area contributed by atoms with Gasteiger partial charge in [0.1, 0.15) is 11.4 Å². The lowest BCUT2D eigenvalue weighted by Gasteiger charge is -2.17. The minimum Gasteiger partial charge on any atom is -0.481 e. The van der Waals surface area contributed by atoms with Gasteiger partial charge in [-0.25, -0.2) is 9.97 Å². The molecule has 0 radical (unpaired) electrons. The minimum atomic E-state index is -0.935. The average Bonchev–Trinajstić information content (AvgIpc) is 3.40. The Bertz CT molecular complexity index is 1120. The van der Waals surface area contributed by atoms with Crippen molar-refractivity contribution in [3.05, 3.63) is 48.5 Å². The predicted octanol–water partition coefficient (Wildman–Crippen LogP) is 2.33. The molecule has 0 aromatic carbocycles. The molecule has 1 saturated heterocycles. The molecule has 5 rings (SSSR count). The number of fused-ring (bicyclic) bond motifs is 1. The zero-order valence-corrected chi connectivity index (χ0v) is 16.8. The van der Waals surface area contributed by atoms with Crippen molar-refractivity contribution in [1.82, 2.24) is 14.4 Å². The topological polar surface area (TPSA) is 106 Å². The van der Waals surface area contributed by atoms with E-state index in [4.69, 9.17) is 14.6 Å². The van der Waals surface area contributed by atoms with Crippen LogP contribution in [0.4, 0.5) is 5.69 Å². The van der Waals surface area contributed by atoms with Crippen LogP contribution in [0.5, 0.6) is 11.6 Å². The summed E-state index contributed by atoms with van der Waals surface area (Å²) in [5, 5.41) is 8.94. The first kappa shape index (κ1) is 19.3. The van der Waals surface area contributed by atoms with Crippen LogP contribution in [0.2, 0.25) is 0 Å². The third-order valence-electron chi connectivity index (χ3n) is 5.44. The summed E-state index contributed by atoms with van der Waals surface area (Å²) < 4.78 is 13.2. The van der Waals surface area contributed by atoms with Crippen LogP contribution in [0.15, 0.2) is 42.9 Å². The molecule has 0 unspecified atom stereocenters. The van der Waals surface area contributed by atoms with Crippen molar-refractivity contribution in [1.29, 1.82) is 0 Å². The van der Waals surface area contributed by atoms with Gasteiger partial charge in [-0.3, -0.25) is 9.59 Å². The number of rotatable bonds is 8. The Morgan fingerprint density at radius 1 is 1.16 bits per heavy atom. The third-order valence-corrected chi connectivity index (χ3v) is 5.44. The summed E-state index contributed by atoms with van der Waals surface area (Å²) in [6.45, 7) is 1.23. The molecule has 1 aliphatic heterocycles. The van der Waals surface area contributed by atoms with E-state index in [2.05, 4.69) is 9.97 Å². The number of carbonyl (C=O) groups excluding carboxylic acids is 1. The normalized spacial score (nSPS) is 18.5. The zero-order chi connectivity index (χ0) is 21.4. The molecule has 3 aromatic rings. The number of hydrogen-bond donors (Lipinski definition) is 1. The van der Waals surface area contributed by atoms with Gasteiger partial charge in [0.25, 0.3) is 5.91 Å². The van der Waals surface area contributed by atoms with Crippen LogP contribution in [0, 0.1) is 5.92 Å². The Kier molecular flexibility index (Phi) is 4.93. The highest BCUT2D eigenvalue weighted by Gasteiger charge is 2.34. The third kappa shape index (κ3) is 4.30. The largest absolute Gasteiger partial charge is 0.481 e. The predicted molar refractivity (Wildman–Crippen MR) is 110 cm³/mol. The van der Waals surface area contributed by atoms with E-state index >= 15 is 0 Å². The van der Waals surface area contributed by atoms with Crippen molar-refractivity contribution >= 4 is 23.2 Å². The van der Waals surface area contributed by atoms with E-state index in [1.165, 1.54) is 12.8 Å². The van der Waals surface area contributed by atoms with Crippen molar-refractivity contribution in [3.8, 4) is 11.6 Å². The second-order valence-corrected chi connectivity index (χ2v) is 7.93. The van der Waals surface area contributed by atoms with Gasteiger partial charge < -0.3 is 23.9 Å². The molecular weight excluding hydrogens is 400 g/mol. The highest BCUT2D eigenvalue weighted by Crippen LogP contribution is 2.30. The summed E-state index contributed by atoms with van der Waals surface area (Å²) in [5.74, 6) is 0.691. The van der Waals surface area contributed by atoms with Crippen molar-refractivity contribution in [2.45, 2.75) is 31.8 Å². The van der Waals surface area contributed by atoms with Gasteiger partial charge in [-0.15, -0.1) is 0 Å². The Labute approximate surface area is 178 Å². The maximum Gasteiger partial charge on any atom is 0.309 e. The second kappa shape index (κ2) is 7.90. The van der Waals surface area contributed by atoms with Gasteiger partial charge in [0.2, 0.25) is 5.88 Å². The molecule has 1 aliphatic carbocycles. The second-order valence-electron chi connectivity index (χ2n) is 7.93. The number of carbonyl (C=O) groups is 2. The molecular formula is C22H22N4O5. The van der Waals surface area contributed by atoms with Crippen LogP contribution in [0.25, 0.3) is 5.65 Å². The lowest BCUT2D eigenvalue weighted by Crippen LogP contribution is -2.32. The monoisotopic (exact) mass is 422 g/mol. The molecule has 4 heterocycles. The summed E-state index contributed by atoms with van der Waals surface area (Å²) in [6.07, 6.45) is 7.30. The molecule has 0 spiro atoms. The molecule has 1 saturated carbocycles. The molecule has 1 amide bonds. The van der Waals surface area contributed by atoms with Crippen LogP contribution < -0.4 is 14.4 Å². The van der Waals surface area contributed by atoms with Gasteiger partial charge in [0.05, 0.1) is 30.6 Å². The van der Waals surface area contributed by atoms with Crippen LogP contribution in [-0.4, -0.2) is 50.6 Å². The number of aromatic nitrogens is 3. The first-order chi connectivity index (χ1) is 15.0. The van der Waals surface area contributed by atoms with Crippen molar-refractivity contribution in [2.75, 3.05) is 18.1 Å². The standard InChI is InChI=1S/C22H22N4O5/c27-21(28)9-15-11-25-12-16(3-5-19(25)24-15)26-8-7-18(22(26)29)31-17-4-6-20(23-10-17)30-13-14-1-2-14/h3-6,10-12,14,18H,1-2,7-9,13H2,(H,27,28)/t18-/m1/s1. The molecule has 1 atom stereocenters. The molecule has 0 bridgehead atoms. The number of anilines is 1. The van der Waals surface area contributed by atoms with Gasteiger partial charge in [-0.05, 0) is 37.0 Å². The van der Waals surface area contributed by atoms with Crippen LogP contribution in [0.3, 0.4) is 0 Å². The van der Waals surface area contributed by atoms with Crippen LogP contribution in [0.1, 0.15) is 25.0 Å². The quantitative estimate of drug-likeness (QED) is 0.594. The number of carboxylic acids is 1. The van der Waals surface area contributed by atoms with E-state index in [9.17, 15) is 9.59 Å². The highest BCUT2D eigenvalue weighted by molar-refractivity contribution is 5.99. The summed E-state index contributed by atoms with van der Waals surface area (Å²) in [5.41, 5.74) is 1.81. The number of pyridine rings is 2. The number of imidazole rings is 1. The van der Waals surface area contributed by atoms with E-state index in [1.807, 2.05) is 0 Å². The van der Waals surface area contributed by atoms with Gasteiger partial charge in [-0.2, -0.15) is 0 Å². The molecule has 2 fully saturated rings. The Balaban J connectivity index is 1.24. The van der Waals surface area contributed by atoms with Gasteiger partial charge in [-0.1, -0.05) is 0 Å². The first-order valence-electron chi connectivity index (χ1n) is 10.3. The van der Waals surface area contributed by atoms with E-state index in [0.29, 0.717) is 54.1 Å². The number of nitrogens with zero attached hydrogens (tertiary/aromatic N) is 4. The molecule has 2 aliphatic rings. The van der Waals surface area contributed by atoms with E-state index in [0.717, 1.165) is 0 Å². The summed E-state index contributed by atoms with van der Waals surface area (Å²) >= 11 is 0. The van der Waals surface area contributed by atoms with E-state index in [-0.39, 0.29) is 12.3 Å². The number of aliphatic carboxylic acids is 1. The minimum absolute atomic E-state index is 0.126. The highest BCUT2D eigenvalue weighted by atomic mass is 16.5. The molecule has 1 N–H and O–H groups in total. The lowest BCUT2D eigenvalue weighted by molar-refractivity contribution is -0.136. The Morgan fingerprint density at radius 2 is 2.03 bits per heavy atom. The number of carboxylic acid groups (broad SMARTS) is 1. The number of hydrogen-bond acceptors (Lipinski definition) is 6. The molecule has 3 aromatic heterocycles. The number of amides is 1. The zero-order valence-electron chi connectivity index (χ0n) is 16.8. The van der Waals surface area contributed by atoms with Crippen molar-refractivity contribution in [2.24, 2.45) is 5.92 Å².